The topological polar surface area (TPSA) is 124 Å². The Hall–Kier alpha value is -4.25. The number of pyridine rings is 1. The molecule has 0 radical (unpaired) electrons. The maximum Gasteiger partial charge on any atom is 0.331 e. The molecule has 4 aromatic rings. The van der Waals surface area contributed by atoms with Gasteiger partial charge in [-0.15, -0.1) is 0 Å². The zero-order valence-corrected chi connectivity index (χ0v) is 24.8. The average Bonchev–Trinajstić information content (AvgIpc) is 3.49. The standard InChI is InChI=1S/C31H27Cl2N5O5/c1-17(16-43-2)38-28(40)22(21-5-3-7-24(32)26(21)33)14-37(30(38)42)15-25(39)35-20-9-8-18-12-31(13-19(18)11-20)23-6-4-10-34-27(23)36-29(31)41/h3-11,14,17H,12-13,15-16H2,1-2H3,(H,35,39)(H,34,36,41)/t17-,31-/m1/s1. The minimum absolute atomic E-state index is 0.0872. The van der Waals surface area contributed by atoms with Crippen LogP contribution in [-0.2, 0) is 39.1 Å². The second-order valence-electron chi connectivity index (χ2n) is 10.9. The van der Waals surface area contributed by atoms with E-state index in [0.29, 0.717) is 29.9 Å². The number of carbonyl (C=O) groups excluding carboxylic acids is 2. The highest BCUT2D eigenvalue weighted by molar-refractivity contribution is 6.43. The number of anilines is 2. The summed E-state index contributed by atoms with van der Waals surface area (Å²) in [6.45, 7) is 1.41. The van der Waals surface area contributed by atoms with Gasteiger partial charge in [-0.2, -0.15) is 0 Å². The predicted octanol–water partition coefficient (Wildman–Crippen LogP) is 4.21. The first-order valence-electron chi connectivity index (χ1n) is 13.6. The van der Waals surface area contributed by atoms with Gasteiger partial charge in [0.05, 0.1) is 33.7 Å². The van der Waals surface area contributed by atoms with Crippen LogP contribution in [0, 0.1) is 0 Å². The highest BCUT2D eigenvalue weighted by Gasteiger charge is 2.51. The Bertz CT molecular complexity index is 1920. The van der Waals surface area contributed by atoms with E-state index in [1.165, 1.54) is 17.9 Å². The van der Waals surface area contributed by atoms with Gasteiger partial charge in [0, 0.05) is 36.3 Å². The molecular formula is C31H27Cl2N5O5. The summed E-state index contributed by atoms with van der Waals surface area (Å²) in [6.07, 6.45) is 3.99. The Kier molecular flexibility index (Phi) is 7.45. The van der Waals surface area contributed by atoms with Crippen LogP contribution >= 0.6 is 23.2 Å². The van der Waals surface area contributed by atoms with Crippen molar-refractivity contribution in [2.45, 2.75) is 37.8 Å². The van der Waals surface area contributed by atoms with Gasteiger partial charge in [-0.05, 0) is 55.2 Å². The zero-order chi connectivity index (χ0) is 30.5. The van der Waals surface area contributed by atoms with Crippen LogP contribution < -0.4 is 21.9 Å². The number of amides is 2. The number of hydrogen-bond acceptors (Lipinski definition) is 6. The molecule has 220 valence electrons. The molecule has 2 amide bonds. The Morgan fingerprint density at radius 3 is 2.67 bits per heavy atom. The minimum atomic E-state index is -0.730. The number of benzene rings is 2. The summed E-state index contributed by atoms with van der Waals surface area (Å²) in [5.74, 6) is 0.0188. The quantitative estimate of drug-likeness (QED) is 0.319. The van der Waals surface area contributed by atoms with Crippen LogP contribution in [-0.4, -0.2) is 39.6 Å². The van der Waals surface area contributed by atoms with Crippen molar-refractivity contribution in [3.8, 4) is 11.1 Å². The molecule has 3 heterocycles. The molecule has 6 rings (SSSR count). The first-order chi connectivity index (χ1) is 20.6. The van der Waals surface area contributed by atoms with Crippen molar-refractivity contribution in [2.24, 2.45) is 0 Å². The van der Waals surface area contributed by atoms with Gasteiger partial charge in [0.2, 0.25) is 11.8 Å². The normalized spacial score (nSPS) is 17.4. The van der Waals surface area contributed by atoms with Crippen LogP contribution in [0.2, 0.25) is 10.0 Å². The summed E-state index contributed by atoms with van der Waals surface area (Å²) < 4.78 is 7.42. The molecule has 43 heavy (non-hydrogen) atoms. The van der Waals surface area contributed by atoms with Gasteiger partial charge in [0.1, 0.15) is 12.4 Å². The summed E-state index contributed by atoms with van der Waals surface area (Å²) >= 11 is 12.6. The largest absolute Gasteiger partial charge is 0.383 e. The molecule has 10 nitrogen and oxygen atoms in total. The Morgan fingerprint density at radius 1 is 1.09 bits per heavy atom. The molecular weight excluding hydrogens is 593 g/mol. The maximum absolute atomic E-state index is 13.5. The highest BCUT2D eigenvalue weighted by Crippen LogP contribution is 2.47. The predicted molar refractivity (Wildman–Crippen MR) is 164 cm³/mol. The van der Waals surface area contributed by atoms with Crippen molar-refractivity contribution >= 4 is 46.5 Å². The third kappa shape index (κ3) is 4.95. The fourth-order valence-electron chi connectivity index (χ4n) is 6.04. The number of carbonyl (C=O) groups is 2. The smallest absolute Gasteiger partial charge is 0.331 e. The molecule has 0 saturated heterocycles. The molecule has 2 aliphatic rings. The van der Waals surface area contributed by atoms with Crippen molar-refractivity contribution in [2.75, 3.05) is 24.4 Å². The Labute approximate surface area is 256 Å². The fraction of sp³-hybridized carbons (Fsp3) is 0.258. The molecule has 12 heteroatoms. The molecule has 0 saturated carbocycles. The van der Waals surface area contributed by atoms with Gasteiger partial charge >= 0.3 is 5.69 Å². The number of aromatic nitrogens is 3. The van der Waals surface area contributed by atoms with E-state index in [0.717, 1.165) is 21.3 Å². The summed E-state index contributed by atoms with van der Waals surface area (Å²) in [7, 11) is 1.47. The number of nitrogens with one attached hydrogen (secondary N) is 2. The van der Waals surface area contributed by atoms with Crippen LogP contribution in [0.4, 0.5) is 11.5 Å². The molecule has 0 unspecified atom stereocenters. The molecule has 1 spiro atoms. The van der Waals surface area contributed by atoms with Gasteiger partial charge < -0.3 is 15.4 Å². The van der Waals surface area contributed by atoms with Crippen molar-refractivity contribution in [1.29, 1.82) is 0 Å². The van der Waals surface area contributed by atoms with Crippen LogP contribution in [0.1, 0.15) is 29.7 Å². The lowest BCUT2D eigenvalue weighted by atomic mass is 9.79. The first-order valence-corrected chi connectivity index (χ1v) is 14.4. The Balaban J connectivity index is 1.29. The third-order valence-electron chi connectivity index (χ3n) is 8.05. The number of rotatable bonds is 7. The lowest BCUT2D eigenvalue weighted by Gasteiger charge is -2.20. The number of nitrogens with zero attached hydrogens (tertiary/aromatic N) is 3. The van der Waals surface area contributed by atoms with Crippen LogP contribution in [0.25, 0.3) is 11.1 Å². The van der Waals surface area contributed by atoms with Gasteiger partial charge in [-0.25, -0.2) is 9.78 Å². The van der Waals surface area contributed by atoms with E-state index in [-0.39, 0.29) is 34.7 Å². The second-order valence-corrected chi connectivity index (χ2v) is 11.6. The summed E-state index contributed by atoms with van der Waals surface area (Å²) in [5.41, 5.74) is 1.85. The third-order valence-corrected chi connectivity index (χ3v) is 8.87. The summed E-state index contributed by atoms with van der Waals surface area (Å²) in [6, 6.07) is 13.5. The lowest BCUT2D eigenvalue weighted by molar-refractivity contribution is -0.120. The minimum Gasteiger partial charge on any atom is -0.383 e. The second kappa shape index (κ2) is 11.1. The van der Waals surface area contributed by atoms with Gasteiger partial charge in [-0.1, -0.05) is 47.5 Å². The number of halogens is 2. The van der Waals surface area contributed by atoms with E-state index in [4.69, 9.17) is 27.9 Å². The van der Waals surface area contributed by atoms with E-state index < -0.39 is 28.6 Å². The van der Waals surface area contributed by atoms with E-state index in [9.17, 15) is 19.2 Å². The summed E-state index contributed by atoms with van der Waals surface area (Å²) in [5, 5.41) is 6.15. The Morgan fingerprint density at radius 2 is 1.88 bits per heavy atom. The van der Waals surface area contributed by atoms with Gasteiger partial charge in [0.25, 0.3) is 5.56 Å². The molecule has 2 aromatic heterocycles. The molecule has 2 atom stereocenters. The molecule has 1 aliphatic carbocycles. The van der Waals surface area contributed by atoms with Crippen molar-refractivity contribution < 1.29 is 14.3 Å². The van der Waals surface area contributed by atoms with E-state index in [2.05, 4.69) is 15.6 Å². The van der Waals surface area contributed by atoms with Gasteiger partial charge in [-0.3, -0.25) is 23.5 Å². The molecule has 1 aliphatic heterocycles. The van der Waals surface area contributed by atoms with E-state index >= 15 is 0 Å². The fourth-order valence-corrected chi connectivity index (χ4v) is 6.44. The zero-order valence-electron chi connectivity index (χ0n) is 23.3. The number of hydrogen-bond donors (Lipinski definition) is 2. The monoisotopic (exact) mass is 619 g/mol. The van der Waals surface area contributed by atoms with Crippen molar-refractivity contribution in [3.05, 3.63) is 108 Å². The van der Waals surface area contributed by atoms with Crippen LogP contribution in [0.5, 0.6) is 0 Å². The molecule has 2 aromatic carbocycles. The highest BCUT2D eigenvalue weighted by atomic mass is 35.5. The lowest BCUT2D eigenvalue weighted by Crippen LogP contribution is -2.44. The average molecular weight is 620 g/mol. The van der Waals surface area contributed by atoms with Crippen molar-refractivity contribution in [3.63, 3.8) is 0 Å². The summed E-state index contributed by atoms with van der Waals surface area (Å²) in [4.78, 5) is 57.5. The van der Waals surface area contributed by atoms with Crippen LogP contribution in [0.3, 0.4) is 0 Å². The number of methoxy groups -OCH3 is 1. The molecule has 0 bridgehead atoms. The van der Waals surface area contributed by atoms with Crippen LogP contribution in [0.15, 0.2) is 70.5 Å². The first kappa shape index (κ1) is 28.9. The van der Waals surface area contributed by atoms with E-state index in [1.54, 1.807) is 37.4 Å². The van der Waals surface area contributed by atoms with E-state index in [1.807, 2.05) is 24.3 Å². The SMILES string of the molecule is COC[C@@H](C)n1c(=O)c(-c2cccc(Cl)c2Cl)cn(CC(=O)Nc2ccc3c(c2)C[C@@]2(C3)C(=O)Nc3ncccc32)c1=O. The molecule has 2 N–H and O–H groups in total. The maximum atomic E-state index is 13.5. The number of ether oxygens (including phenoxy) is 1. The molecule has 0 fully saturated rings. The van der Waals surface area contributed by atoms with Crippen molar-refractivity contribution in [1.82, 2.24) is 14.1 Å². The van der Waals surface area contributed by atoms with Gasteiger partial charge in [0.15, 0.2) is 0 Å². The number of fused-ring (bicyclic) bond motifs is 3.